The zero-order valence-electron chi connectivity index (χ0n) is 14.2. The Labute approximate surface area is 146 Å². The SMILES string of the molecule is CN(C[C@@H]1CCOC1)C(=O)N[C@@H](c1ccc(F)cc1)c1cccnc1. The number of ether oxygens (including phenoxy) is 1. The summed E-state index contributed by atoms with van der Waals surface area (Å²) in [5.41, 5.74) is 1.65. The van der Waals surface area contributed by atoms with Gasteiger partial charge in [-0.15, -0.1) is 0 Å². The van der Waals surface area contributed by atoms with Gasteiger partial charge in [-0.05, 0) is 35.7 Å². The van der Waals surface area contributed by atoms with Crippen LogP contribution < -0.4 is 5.32 Å². The van der Waals surface area contributed by atoms with E-state index in [0.717, 1.165) is 24.2 Å². The molecule has 6 heteroatoms. The lowest BCUT2D eigenvalue weighted by Gasteiger charge is -2.25. The van der Waals surface area contributed by atoms with Gasteiger partial charge in [-0.2, -0.15) is 0 Å². The second-order valence-electron chi connectivity index (χ2n) is 6.33. The smallest absolute Gasteiger partial charge is 0.317 e. The molecule has 132 valence electrons. The summed E-state index contributed by atoms with van der Waals surface area (Å²) in [5.74, 6) is 0.0665. The van der Waals surface area contributed by atoms with E-state index in [1.165, 1.54) is 12.1 Å². The Balaban J connectivity index is 1.75. The molecule has 5 nitrogen and oxygen atoms in total. The zero-order chi connectivity index (χ0) is 17.6. The highest BCUT2D eigenvalue weighted by molar-refractivity contribution is 5.75. The normalized spacial score (nSPS) is 17.9. The maximum absolute atomic E-state index is 13.3. The average Bonchev–Trinajstić information content (AvgIpc) is 3.14. The van der Waals surface area contributed by atoms with Gasteiger partial charge in [0, 0.05) is 38.5 Å². The first-order valence-electron chi connectivity index (χ1n) is 8.38. The number of hydrogen-bond donors (Lipinski definition) is 1. The van der Waals surface area contributed by atoms with Gasteiger partial charge in [-0.25, -0.2) is 9.18 Å². The molecule has 0 saturated carbocycles. The average molecular weight is 343 g/mol. The van der Waals surface area contributed by atoms with Crippen LogP contribution in [0.4, 0.5) is 9.18 Å². The monoisotopic (exact) mass is 343 g/mol. The lowest BCUT2D eigenvalue weighted by molar-refractivity contribution is 0.171. The Hall–Kier alpha value is -2.47. The van der Waals surface area contributed by atoms with Crippen molar-refractivity contribution < 1.29 is 13.9 Å². The van der Waals surface area contributed by atoms with Crippen LogP contribution in [0, 0.1) is 11.7 Å². The van der Waals surface area contributed by atoms with E-state index < -0.39 is 0 Å². The van der Waals surface area contributed by atoms with Gasteiger partial charge in [0.2, 0.25) is 0 Å². The van der Waals surface area contributed by atoms with Crippen molar-refractivity contribution in [1.82, 2.24) is 15.2 Å². The van der Waals surface area contributed by atoms with Gasteiger partial charge in [0.05, 0.1) is 12.6 Å². The molecular formula is C19H22FN3O2. The van der Waals surface area contributed by atoms with Gasteiger partial charge in [-0.1, -0.05) is 18.2 Å². The second kappa shape index (κ2) is 8.07. The lowest BCUT2D eigenvalue weighted by atomic mass is 10.0. The Morgan fingerprint density at radius 2 is 2.16 bits per heavy atom. The largest absolute Gasteiger partial charge is 0.381 e. The molecule has 2 aromatic rings. The minimum Gasteiger partial charge on any atom is -0.381 e. The summed E-state index contributed by atoms with van der Waals surface area (Å²) in [6.07, 6.45) is 4.36. The highest BCUT2D eigenvalue weighted by Crippen LogP contribution is 2.22. The summed E-state index contributed by atoms with van der Waals surface area (Å²) in [6.45, 7) is 2.10. The molecule has 1 aliphatic heterocycles. The van der Waals surface area contributed by atoms with Crippen molar-refractivity contribution in [3.05, 3.63) is 65.7 Å². The van der Waals surface area contributed by atoms with Crippen molar-refractivity contribution in [2.45, 2.75) is 12.5 Å². The molecule has 2 amide bonds. The fourth-order valence-corrected chi connectivity index (χ4v) is 2.99. The number of carbonyl (C=O) groups is 1. The lowest BCUT2D eigenvalue weighted by Crippen LogP contribution is -2.42. The number of hydrogen-bond acceptors (Lipinski definition) is 3. The van der Waals surface area contributed by atoms with Gasteiger partial charge in [0.15, 0.2) is 0 Å². The molecule has 1 saturated heterocycles. The molecule has 0 unspecified atom stereocenters. The molecule has 3 rings (SSSR count). The molecule has 1 aromatic heterocycles. The summed E-state index contributed by atoms with van der Waals surface area (Å²) in [5, 5.41) is 3.03. The molecule has 0 spiro atoms. The minimum atomic E-state index is -0.385. The maximum atomic E-state index is 13.3. The molecule has 2 heterocycles. The predicted octanol–water partition coefficient (Wildman–Crippen LogP) is 2.99. The van der Waals surface area contributed by atoms with E-state index >= 15 is 0 Å². The van der Waals surface area contributed by atoms with Gasteiger partial charge in [0.1, 0.15) is 5.82 Å². The van der Waals surface area contributed by atoms with Crippen molar-refractivity contribution in [1.29, 1.82) is 0 Å². The van der Waals surface area contributed by atoms with Crippen LogP contribution in [0.2, 0.25) is 0 Å². The van der Waals surface area contributed by atoms with Crippen molar-refractivity contribution in [3.63, 3.8) is 0 Å². The topological polar surface area (TPSA) is 54.5 Å². The molecule has 0 bridgehead atoms. The van der Waals surface area contributed by atoms with Gasteiger partial charge >= 0.3 is 6.03 Å². The van der Waals surface area contributed by atoms with Crippen LogP contribution in [0.5, 0.6) is 0 Å². The third-order valence-corrected chi connectivity index (χ3v) is 4.39. The Bertz CT molecular complexity index is 688. The van der Waals surface area contributed by atoms with Crippen LogP contribution in [0.15, 0.2) is 48.8 Å². The van der Waals surface area contributed by atoms with Gasteiger partial charge < -0.3 is 15.0 Å². The Morgan fingerprint density at radius 3 is 2.80 bits per heavy atom. The summed E-state index contributed by atoms with van der Waals surface area (Å²) >= 11 is 0. The summed E-state index contributed by atoms with van der Waals surface area (Å²) in [6, 6.07) is 9.29. The van der Waals surface area contributed by atoms with E-state index in [-0.39, 0.29) is 17.9 Å². The molecule has 1 aliphatic rings. The molecule has 25 heavy (non-hydrogen) atoms. The summed E-state index contributed by atoms with van der Waals surface area (Å²) in [4.78, 5) is 18.4. The van der Waals surface area contributed by atoms with E-state index in [2.05, 4.69) is 10.3 Å². The first-order valence-corrected chi connectivity index (χ1v) is 8.38. The first-order chi connectivity index (χ1) is 12.1. The number of pyridine rings is 1. The number of rotatable bonds is 5. The zero-order valence-corrected chi connectivity index (χ0v) is 14.2. The summed E-state index contributed by atoms with van der Waals surface area (Å²) in [7, 11) is 1.78. The van der Waals surface area contributed by atoms with Crippen molar-refractivity contribution in [3.8, 4) is 0 Å². The number of nitrogens with one attached hydrogen (secondary N) is 1. The van der Waals surface area contributed by atoms with Crippen LogP contribution in [0.3, 0.4) is 0 Å². The minimum absolute atomic E-state index is 0.176. The molecule has 0 radical (unpaired) electrons. The fraction of sp³-hybridized carbons (Fsp3) is 0.368. The Kier molecular flexibility index (Phi) is 5.60. The maximum Gasteiger partial charge on any atom is 0.317 e. The highest BCUT2D eigenvalue weighted by atomic mass is 19.1. The van der Waals surface area contributed by atoms with Crippen molar-refractivity contribution in [2.75, 3.05) is 26.8 Å². The standard InChI is InChI=1S/C19H22FN3O2/c1-23(12-14-8-10-25-13-14)19(24)22-18(16-3-2-9-21-11-16)15-4-6-17(20)7-5-15/h2-7,9,11,14,18H,8,10,12-13H2,1H3,(H,22,24)/t14-,18-/m0/s1. The van der Waals surface area contributed by atoms with Crippen LogP contribution in [0.1, 0.15) is 23.6 Å². The second-order valence-corrected chi connectivity index (χ2v) is 6.33. The third kappa shape index (κ3) is 4.54. The van der Waals surface area contributed by atoms with Crippen LogP contribution >= 0.6 is 0 Å². The number of carbonyl (C=O) groups excluding carboxylic acids is 1. The molecular weight excluding hydrogens is 321 g/mol. The van der Waals surface area contributed by atoms with Crippen molar-refractivity contribution in [2.24, 2.45) is 5.92 Å². The first kappa shape index (κ1) is 17.4. The van der Waals surface area contributed by atoms with E-state index in [1.807, 2.05) is 12.1 Å². The van der Waals surface area contributed by atoms with Crippen LogP contribution in [0.25, 0.3) is 0 Å². The van der Waals surface area contributed by atoms with Gasteiger partial charge in [-0.3, -0.25) is 4.98 Å². The van der Waals surface area contributed by atoms with E-state index in [0.29, 0.717) is 19.1 Å². The number of urea groups is 1. The number of nitrogens with zero attached hydrogens (tertiary/aromatic N) is 2. The number of halogens is 1. The van der Waals surface area contributed by atoms with Gasteiger partial charge in [0.25, 0.3) is 0 Å². The van der Waals surface area contributed by atoms with Crippen LogP contribution in [-0.2, 0) is 4.74 Å². The molecule has 2 atom stereocenters. The van der Waals surface area contributed by atoms with E-state index in [1.54, 1.807) is 36.5 Å². The quantitative estimate of drug-likeness (QED) is 0.908. The fourth-order valence-electron chi connectivity index (χ4n) is 2.99. The summed E-state index contributed by atoms with van der Waals surface area (Å²) < 4.78 is 18.6. The number of benzene rings is 1. The van der Waals surface area contributed by atoms with Crippen molar-refractivity contribution >= 4 is 6.03 Å². The van der Waals surface area contributed by atoms with E-state index in [9.17, 15) is 9.18 Å². The van der Waals surface area contributed by atoms with Crippen LogP contribution in [-0.4, -0.2) is 42.7 Å². The molecule has 1 aromatic carbocycles. The highest BCUT2D eigenvalue weighted by Gasteiger charge is 2.23. The predicted molar refractivity (Wildman–Crippen MR) is 92.6 cm³/mol. The van der Waals surface area contributed by atoms with E-state index in [4.69, 9.17) is 4.74 Å². The number of aromatic nitrogens is 1. The number of amides is 2. The molecule has 0 aliphatic carbocycles. The molecule has 1 fully saturated rings. The third-order valence-electron chi connectivity index (χ3n) is 4.39. The Morgan fingerprint density at radius 1 is 1.36 bits per heavy atom. The molecule has 1 N–H and O–H groups in total.